The Bertz CT molecular complexity index is 893. The Hall–Kier alpha value is -2.44. The van der Waals surface area contributed by atoms with Gasteiger partial charge in [-0.15, -0.1) is 0 Å². The van der Waals surface area contributed by atoms with Gasteiger partial charge in [0.1, 0.15) is 29.1 Å². The summed E-state index contributed by atoms with van der Waals surface area (Å²) in [6.07, 6.45) is 5.34. The molecular weight excluding hydrogens is 371 g/mol. The summed E-state index contributed by atoms with van der Waals surface area (Å²) in [6.45, 7) is 8.95. The largest absolute Gasteiger partial charge is 0.444 e. The van der Waals surface area contributed by atoms with Crippen LogP contribution in [0.1, 0.15) is 46.5 Å². The highest BCUT2D eigenvalue weighted by molar-refractivity contribution is 5.89. The molecule has 1 aromatic heterocycles. The third-order valence-electron chi connectivity index (χ3n) is 6.19. The number of ether oxygens (including phenoxy) is 1. The van der Waals surface area contributed by atoms with E-state index in [4.69, 9.17) is 4.74 Å². The van der Waals surface area contributed by atoms with Crippen LogP contribution in [0.2, 0.25) is 0 Å². The minimum absolute atomic E-state index is 0.209. The minimum atomic E-state index is -0.461. The van der Waals surface area contributed by atoms with Gasteiger partial charge in [-0.05, 0) is 64.0 Å². The lowest BCUT2D eigenvalue weighted by atomic mass is 9.71. The fourth-order valence-electron chi connectivity index (χ4n) is 4.47. The number of piperidine rings is 2. The first kappa shape index (κ1) is 19.9. The van der Waals surface area contributed by atoms with Gasteiger partial charge in [0.15, 0.2) is 0 Å². The summed E-state index contributed by atoms with van der Waals surface area (Å²) in [4.78, 5) is 25.0. The number of carbonyl (C=O) groups excluding carboxylic acids is 1. The molecule has 2 saturated heterocycles. The van der Waals surface area contributed by atoms with Gasteiger partial charge in [0, 0.05) is 31.6 Å². The van der Waals surface area contributed by atoms with Crippen LogP contribution >= 0.6 is 0 Å². The average Bonchev–Trinajstić information content (AvgIpc) is 2.68. The van der Waals surface area contributed by atoms with Crippen molar-refractivity contribution in [1.29, 1.82) is 0 Å². The second-order valence-corrected chi connectivity index (χ2v) is 9.29. The van der Waals surface area contributed by atoms with E-state index in [-0.39, 0.29) is 17.3 Å². The van der Waals surface area contributed by atoms with E-state index in [9.17, 15) is 9.18 Å². The number of anilines is 1. The molecule has 2 aliphatic rings. The van der Waals surface area contributed by atoms with Crippen LogP contribution in [0.3, 0.4) is 0 Å². The topological polar surface area (TPSA) is 58.6 Å². The number of hydrogen-bond acceptors (Lipinski definition) is 5. The molecule has 1 amide bonds. The molecule has 2 aromatic rings. The summed E-state index contributed by atoms with van der Waals surface area (Å²) < 4.78 is 19.6. The van der Waals surface area contributed by atoms with Crippen LogP contribution in [-0.2, 0) is 4.74 Å². The van der Waals surface area contributed by atoms with E-state index in [1.54, 1.807) is 6.07 Å². The number of hydrogen-bond donors (Lipinski definition) is 0. The molecule has 2 fully saturated rings. The minimum Gasteiger partial charge on any atom is -0.444 e. The molecule has 0 bridgehead atoms. The normalized spacial score (nSPS) is 19.6. The highest BCUT2D eigenvalue weighted by atomic mass is 19.1. The van der Waals surface area contributed by atoms with E-state index >= 15 is 0 Å². The molecule has 0 unspecified atom stereocenters. The lowest BCUT2D eigenvalue weighted by Gasteiger charge is -2.47. The summed E-state index contributed by atoms with van der Waals surface area (Å²) in [7, 11) is 0. The van der Waals surface area contributed by atoms with Crippen molar-refractivity contribution in [3.05, 3.63) is 30.3 Å². The van der Waals surface area contributed by atoms with E-state index in [1.165, 1.54) is 12.4 Å². The van der Waals surface area contributed by atoms with E-state index < -0.39 is 5.60 Å². The van der Waals surface area contributed by atoms with Gasteiger partial charge in [-0.1, -0.05) is 6.07 Å². The highest BCUT2D eigenvalue weighted by Crippen LogP contribution is 2.42. The van der Waals surface area contributed by atoms with Gasteiger partial charge < -0.3 is 14.5 Å². The first-order valence-electron chi connectivity index (χ1n) is 10.4. The maximum atomic E-state index is 14.1. The van der Waals surface area contributed by atoms with Crippen molar-refractivity contribution in [2.45, 2.75) is 52.1 Å². The Morgan fingerprint density at radius 1 is 1.07 bits per heavy atom. The second-order valence-electron chi connectivity index (χ2n) is 9.29. The van der Waals surface area contributed by atoms with Gasteiger partial charge in [0.2, 0.25) is 0 Å². The molecule has 0 N–H and O–H groups in total. The average molecular weight is 400 g/mol. The van der Waals surface area contributed by atoms with Crippen molar-refractivity contribution in [1.82, 2.24) is 14.9 Å². The molecule has 1 spiro atoms. The molecule has 3 heterocycles. The van der Waals surface area contributed by atoms with Gasteiger partial charge >= 0.3 is 6.09 Å². The number of benzene rings is 1. The molecule has 156 valence electrons. The number of rotatable bonds is 1. The third-order valence-corrected chi connectivity index (χ3v) is 6.19. The van der Waals surface area contributed by atoms with Crippen molar-refractivity contribution in [2.24, 2.45) is 5.41 Å². The summed E-state index contributed by atoms with van der Waals surface area (Å²) in [5.74, 6) is 0.504. The van der Waals surface area contributed by atoms with E-state index in [0.29, 0.717) is 5.52 Å². The summed E-state index contributed by atoms with van der Waals surface area (Å²) in [5, 5.41) is 0.767. The Kier molecular flexibility index (Phi) is 5.09. The lowest BCUT2D eigenvalue weighted by Crippen LogP contribution is -2.49. The van der Waals surface area contributed by atoms with Crippen molar-refractivity contribution < 1.29 is 13.9 Å². The third kappa shape index (κ3) is 4.14. The number of likely N-dealkylation sites (tertiary alicyclic amines) is 1. The number of fused-ring (bicyclic) bond motifs is 1. The molecule has 29 heavy (non-hydrogen) atoms. The highest BCUT2D eigenvalue weighted by Gasteiger charge is 2.39. The zero-order valence-electron chi connectivity index (χ0n) is 17.4. The molecule has 0 radical (unpaired) electrons. The van der Waals surface area contributed by atoms with Crippen molar-refractivity contribution >= 4 is 22.8 Å². The SMILES string of the molecule is CC(C)(C)OC(=O)N1CCC2(CC1)CCN(c1ncnc3c(F)cccc13)CC2. The molecule has 1 aromatic carbocycles. The zero-order valence-corrected chi connectivity index (χ0v) is 17.4. The fourth-order valence-corrected chi connectivity index (χ4v) is 4.47. The maximum absolute atomic E-state index is 14.1. The Morgan fingerprint density at radius 3 is 2.38 bits per heavy atom. The summed E-state index contributed by atoms with van der Waals surface area (Å²) >= 11 is 0. The van der Waals surface area contributed by atoms with Gasteiger partial charge in [0.25, 0.3) is 0 Å². The van der Waals surface area contributed by atoms with Crippen LogP contribution < -0.4 is 4.90 Å². The number of carbonyl (C=O) groups is 1. The number of aromatic nitrogens is 2. The van der Waals surface area contributed by atoms with Gasteiger partial charge in [-0.2, -0.15) is 0 Å². The fraction of sp³-hybridized carbons (Fsp3) is 0.591. The number of halogens is 1. The molecule has 0 saturated carbocycles. The van der Waals surface area contributed by atoms with Crippen molar-refractivity contribution in [3.63, 3.8) is 0 Å². The second kappa shape index (κ2) is 7.43. The molecular formula is C22H29FN4O2. The van der Waals surface area contributed by atoms with Gasteiger partial charge in [0.05, 0.1) is 0 Å². The molecule has 2 aliphatic heterocycles. The van der Waals surface area contributed by atoms with Gasteiger partial charge in [-0.25, -0.2) is 19.2 Å². The summed E-state index contributed by atoms with van der Waals surface area (Å²) in [5.41, 5.74) is 0.184. The van der Waals surface area contributed by atoms with Crippen LogP contribution in [0.5, 0.6) is 0 Å². The Morgan fingerprint density at radius 2 is 1.72 bits per heavy atom. The van der Waals surface area contributed by atoms with Crippen LogP contribution in [0.4, 0.5) is 15.0 Å². The lowest BCUT2D eigenvalue weighted by molar-refractivity contribution is 0.00665. The summed E-state index contributed by atoms with van der Waals surface area (Å²) in [6, 6.07) is 5.03. The molecule has 7 heteroatoms. The monoisotopic (exact) mass is 400 g/mol. The predicted octanol–water partition coefficient (Wildman–Crippen LogP) is 4.39. The molecule has 0 atom stereocenters. The molecule has 4 rings (SSSR count). The zero-order chi connectivity index (χ0) is 20.6. The quantitative estimate of drug-likeness (QED) is 0.711. The van der Waals surface area contributed by atoms with Gasteiger partial charge in [-0.3, -0.25) is 0 Å². The first-order chi connectivity index (χ1) is 13.8. The van der Waals surface area contributed by atoms with Crippen LogP contribution in [0, 0.1) is 11.2 Å². The predicted molar refractivity (Wildman–Crippen MR) is 110 cm³/mol. The number of nitrogens with zero attached hydrogens (tertiary/aromatic N) is 4. The molecule has 6 nitrogen and oxygen atoms in total. The first-order valence-corrected chi connectivity index (χ1v) is 10.4. The number of para-hydroxylation sites is 1. The van der Waals surface area contributed by atoms with E-state index in [2.05, 4.69) is 14.9 Å². The van der Waals surface area contributed by atoms with Crippen molar-refractivity contribution in [2.75, 3.05) is 31.1 Å². The Balaban J connectivity index is 1.40. The standard InChI is InChI=1S/C22H29FN4O2/c1-21(2,3)29-20(28)27-13-9-22(10-14-27)7-11-26(12-8-22)19-16-5-4-6-17(23)18(16)24-15-25-19/h4-6,15H,7-14H2,1-3H3. The smallest absolute Gasteiger partial charge is 0.410 e. The maximum Gasteiger partial charge on any atom is 0.410 e. The van der Waals surface area contributed by atoms with E-state index in [1.807, 2.05) is 31.7 Å². The number of amides is 1. The van der Waals surface area contributed by atoms with Crippen LogP contribution in [0.25, 0.3) is 10.9 Å². The Labute approximate surface area is 171 Å². The molecule has 0 aliphatic carbocycles. The van der Waals surface area contributed by atoms with Crippen LogP contribution in [0.15, 0.2) is 24.5 Å². The van der Waals surface area contributed by atoms with Crippen LogP contribution in [-0.4, -0.2) is 52.7 Å². The van der Waals surface area contributed by atoms with E-state index in [0.717, 1.165) is 63.1 Å². The van der Waals surface area contributed by atoms with Crippen molar-refractivity contribution in [3.8, 4) is 0 Å².